The van der Waals surface area contributed by atoms with Crippen LogP contribution in [0.15, 0.2) is 18.2 Å². The Bertz CT molecular complexity index is 403. The summed E-state index contributed by atoms with van der Waals surface area (Å²) in [4.78, 5) is 10.6. The number of halogens is 3. The maximum Gasteiger partial charge on any atom is 0.573 e. The summed E-state index contributed by atoms with van der Waals surface area (Å²) in [5, 5.41) is 13.1. The highest BCUT2D eigenvalue weighted by Gasteiger charge is 2.31. The zero-order chi connectivity index (χ0) is 12.3. The van der Waals surface area contributed by atoms with Crippen LogP contribution in [0.25, 0.3) is 0 Å². The molecule has 0 amide bonds. The number of hydrogen-bond donors (Lipinski definition) is 1. The van der Waals surface area contributed by atoms with E-state index in [0.29, 0.717) is 0 Å². The van der Waals surface area contributed by atoms with Gasteiger partial charge in [-0.3, -0.25) is 0 Å². The maximum absolute atomic E-state index is 11.9. The number of carbonyl (C=O) groups is 1. The fraction of sp³-hybridized carbons (Fsp3) is 0.222. The molecule has 1 rings (SSSR count). The first-order chi connectivity index (χ1) is 7.33. The number of carboxylic acid groups (broad SMARTS) is 1. The minimum atomic E-state index is -4.86. The van der Waals surface area contributed by atoms with Crippen LogP contribution >= 0.6 is 0 Å². The molecule has 0 saturated heterocycles. The first kappa shape index (κ1) is 12.2. The van der Waals surface area contributed by atoms with E-state index in [2.05, 4.69) is 10.1 Å². The summed E-state index contributed by atoms with van der Waals surface area (Å²) in [5.74, 6) is -2.19. The summed E-state index contributed by atoms with van der Waals surface area (Å²) in [6.07, 6.45) is -4.86. The Morgan fingerprint density at radius 3 is 2.50 bits per heavy atom. The molecule has 16 heavy (non-hydrogen) atoms. The summed E-state index contributed by atoms with van der Waals surface area (Å²) in [7, 11) is 1.44. The Hall–Kier alpha value is -1.92. The highest BCUT2D eigenvalue weighted by Crippen LogP contribution is 2.26. The van der Waals surface area contributed by atoms with Gasteiger partial charge in [-0.2, -0.15) is 0 Å². The second kappa shape index (κ2) is 4.30. The summed E-state index contributed by atoms with van der Waals surface area (Å²) in [6.45, 7) is 0. The number of hydrogen-bond acceptors (Lipinski definition) is 4. The van der Waals surface area contributed by atoms with Crippen LogP contribution in [0, 0.1) is 0 Å². The van der Waals surface area contributed by atoms with Crippen molar-refractivity contribution in [2.24, 2.45) is 0 Å². The molecule has 0 radical (unpaired) electrons. The van der Waals surface area contributed by atoms with Gasteiger partial charge in [-0.05, 0) is 18.2 Å². The van der Waals surface area contributed by atoms with E-state index in [1.807, 2.05) is 0 Å². The van der Waals surface area contributed by atoms with Gasteiger partial charge in [0.1, 0.15) is 5.75 Å². The largest absolute Gasteiger partial charge is 0.573 e. The van der Waals surface area contributed by atoms with Crippen LogP contribution in [0.5, 0.6) is 5.75 Å². The van der Waals surface area contributed by atoms with Crippen molar-refractivity contribution >= 4 is 11.7 Å². The second-order valence-electron chi connectivity index (χ2n) is 2.79. The van der Waals surface area contributed by atoms with Gasteiger partial charge in [0.15, 0.2) is 0 Å². The first-order valence-corrected chi connectivity index (χ1v) is 4.12. The van der Waals surface area contributed by atoms with E-state index in [-0.39, 0.29) is 5.69 Å². The SMILES string of the molecule is CNc1ccc(OC(F)(F)F)cc1C(=O)[O-]. The Morgan fingerprint density at radius 1 is 1.44 bits per heavy atom. The quantitative estimate of drug-likeness (QED) is 0.847. The monoisotopic (exact) mass is 234 g/mol. The standard InChI is InChI=1S/C9H8F3NO3/c1-13-7-3-2-5(16-9(10,11)12)4-6(7)8(14)15/h2-4,13H,1H3,(H,14,15)/p-1. The van der Waals surface area contributed by atoms with Crippen molar-refractivity contribution in [3.8, 4) is 5.75 Å². The molecule has 0 heterocycles. The van der Waals surface area contributed by atoms with E-state index in [1.54, 1.807) is 0 Å². The van der Waals surface area contributed by atoms with Crippen molar-refractivity contribution < 1.29 is 27.8 Å². The van der Waals surface area contributed by atoms with Crippen molar-refractivity contribution in [1.29, 1.82) is 0 Å². The van der Waals surface area contributed by atoms with Gasteiger partial charge in [-0.1, -0.05) is 0 Å². The summed E-state index contributed by atoms with van der Waals surface area (Å²) in [6, 6.07) is 2.91. The minimum Gasteiger partial charge on any atom is -0.545 e. The highest BCUT2D eigenvalue weighted by atomic mass is 19.4. The van der Waals surface area contributed by atoms with Crippen LogP contribution in [-0.4, -0.2) is 19.4 Å². The number of benzene rings is 1. The lowest BCUT2D eigenvalue weighted by molar-refractivity contribution is -0.275. The molecule has 1 aromatic carbocycles. The Morgan fingerprint density at radius 2 is 2.06 bits per heavy atom. The number of anilines is 1. The first-order valence-electron chi connectivity index (χ1n) is 4.12. The molecule has 0 fully saturated rings. The minimum absolute atomic E-state index is 0.148. The van der Waals surface area contributed by atoms with Crippen LogP contribution in [0.3, 0.4) is 0 Å². The molecule has 0 aromatic heterocycles. The van der Waals surface area contributed by atoms with Gasteiger partial charge in [-0.25, -0.2) is 0 Å². The average molecular weight is 234 g/mol. The van der Waals surface area contributed by atoms with Gasteiger partial charge >= 0.3 is 6.36 Å². The molecule has 0 aliphatic heterocycles. The number of nitrogens with one attached hydrogen (secondary N) is 1. The third-order valence-electron chi connectivity index (χ3n) is 1.71. The molecule has 0 saturated carbocycles. The van der Waals surface area contributed by atoms with Gasteiger partial charge in [-0.15, -0.1) is 13.2 Å². The van der Waals surface area contributed by atoms with E-state index < -0.39 is 23.6 Å². The predicted octanol–water partition coefficient (Wildman–Crippen LogP) is 0.990. The molecular formula is C9H7F3NO3-. The summed E-state index contributed by atoms with van der Waals surface area (Å²) >= 11 is 0. The molecule has 0 aliphatic carbocycles. The van der Waals surface area contributed by atoms with E-state index in [4.69, 9.17) is 0 Å². The van der Waals surface area contributed by atoms with Gasteiger partial charge in [0.05, 0.1) is 5.97 Å². The Balaban J connectivity index is 3.07. The number of alkyl halides is 3. The van der Waals surface area contributed by atoms with Gasteiger partial charge in [0.2, 0.25) is 0 Å². The lowest BCUT2D eigenvalue weighted by Gasteiger charge is -2.13. The summed E-state index contributed by atoms with van der Waals surface area (Å²) < 4.78 is 39.1. The number of aromatic carboxylic acids is 1. The van der Waals surface area contributed by atoms with Crippen LogP contribution in [0.2, 0.25) is 0 Å². The molecule has 0 atom stereocenters. The van der Waals surface area contributed by atoms with E-state index in [9.17, 15) is 23.1 Å². The normalized spacial score (nSPS) is 11.0. The summed E-state index contributed by atoms with van der Waals surface area (Å²) in [5.41, 5.74) is -0.251. The second-order valence-corrected chi connectivity index (χ2v) is 2.79. The highest BCUT2D eigenvalue weighted by molar-refractivity contribution is 5.93. The molecule has 88 valence electrons. The molecule has 0 bridgehead atoms. The van der Waals surface area contributed by atoms with Gasteiger partial charge in [0.25, 0.3) is 0 Å². The lowest BCUT2D eigenvalue weighted by atomic mass is 10.1. The zero-order valence-corrected chi connectivity index (χ0v) is 8.09. The maximum atomic E-state index is 11.9. The molecule has 0 unspecified atom stereocenters. The van der Waals surface area contributed by atoms with Crippen molar-refractivity contribution in [3.63, 3.8) is 0 Å². The number of carbonyl (C=O) groups excluding carboxylic acids is 1. The Labute approximate surface area is 88.6 Å². The molecule has 4 nitrogen and oxygen atoms in total. The van der Waals surface area contributed by atoms with Crippen molar-refractivity contribution in [3.05, 3.63) is 23.8 Å². The fourth-order valence-corrected chi connectivity index (χ4v) is 1.11. The van der Waals surface area contributed by atoms with E-state index in [1.165, 1.54) is 7.05 Å². The smallest absolute Gasteiger partial charge is 0.545 e. The third-order valence-corrected chi connectivity index (χ3v) is 1.71. The molecule has 0 aliphatic rings. The van der Waals surface area contributed by atoms with Crippen LogP contribution < -0.4 is 15.2 Å². The Kier molecular flexibility index (Phi) is 3.26. The third kappa shape index (κ3) is 3.04. The molecule has 0 spiro atoms. The van der Waals surface area contributed by atoms with Crippen LogP contribution in [0.4, 0.5) is 18.9 Å². The van der Waals surface area contributed by atoms with Crippen molar-refractivity contribution in [2.75, 3.05) is 12.4 Å². The average Bonchev–Trinajstić information content (AvgIpc) is 2.15. The molecule has 1 N–H and O–H groups in total. The number of ether oxygens (including phenoxy) is 1. The predicted molar refractivity (Wildman–Crippen MR) is 47.0 cm³/mol. The lowest BCUT2D eigenvalue weighted by Crippen LogP contribution is -2.24. The van der Waals surface area contributed by atoms with E-state index in [0.717, 1.165) is 18.2 Å². The van der Waals surface area contributed by atoms with Crippen LogP contribution in [-0.2, 0) is 0 Å². The number of carboxylic acids is 1. The molecule has 7 heteroatoms. The zero-order valence-electron chi connectivity index (χ0n) is 8.09. The molecule has 1 aromatic rings. The van der Waals surface area contributed by atoms with Crippen molar-refractivity contribution in [2.45, 2.75) is 6.36 Å². The fourth-order valence-electron chi connectivity index (χ4n) is 1.11. The number of rotatable bonds is 3. The van der Waals surface area contributed by atoms with Crippen LogP contribution in [0.1, 0.15) is 10.4 Å². The van der Waals surface area contributed by atoms with E-state index >= 15 is 0 Å². The van der Waals surface area contributed by atoms with Gasteiger partial charge < -0.3 is 20.0 Å². The van der Waals surface area contributed by atoms with Gasteiger partial charge in [0, 0.05) is 18.3 Å². The molecular weight excluding hydrogens is 227 g/mol. The van der Waals surface area contributed by atoms with Crippen molar-refractivity contribution in [1.82, 2.24) is 0 Å². The topological polar surface area (TPSA) is 61.4 Å².